The Morgan fingerprint density at radius 1 is 1.46 bits per heavy atom. The number of hydrogen-bond donors (Lipinski definition) is 1. The van der Waals surface area contributed by atoms with Crippen LogP contribution in [0.5, 0.6) is 0 Å². The highest BCUT2D eigenvalue weighted by Crippen LogP contribution is 2.12. The average Bonchev–Trinajstić information content (AvgIpc) is 2.14. The van der Waals surface area contributed by atoms with Gasteiger partial charge in [0.05, 0.1) is 0 Å². The fourth-order valence-electron chi connectivity index (χ4n) is 1.28. The maximum Gasteiger partial charge on any atom is 0.0434 e. The molecule has 0 aliphatic heterocycles. The molecular weight excluding hydrogens is 160 g/mol. The average molecular weight is 184 g/mol. The van der Waals surface area contributed by atoms with Gasteiger partial charge < -0.3 is 5.11 Å². The van der Waals surface area contributed by atoms with E-state index in [1.807, 2.05) is 0 Å². The topological polar surface area (TPSA) is 20.2 Å². The standard InChI is InChI=1S/C12H24O/c1-4-11(2)7-5-8-12(3)9-6-10-13/h8,11,13H,4-7,9-10H2,1-3H3/b12-8+. The van der Waals surface area contributed by atoms with E-state index in [9.17, 15) is 0 Å². The van der Waals surface area contributed by atoms with Gasteiger partial charge in [-0.25, -0.2) is 0 Å². The Morgan fingerprint density at radius 3 is 2.69 bits per heavy atom. The van der Waals surface area contributed by atoms with Crippen LogP contribution in [0.15, 0.2) is 11.6 Å². The molecule has 0 radical (unpaired) electrons. The molecule has 0 aliphatic carbocycles. The lowest BCUT2D eigenvalue weighted by atomic mass is 10.0. The van der Waals surface area contributed by atoms with Crippen LogP contribution in [0.25, 0.3) is 0 Å². The first-order valence-electron chi connectivity index (χ1n) is 5.47. The molecule has 0 aromatic heterocycles. The van der Waals surface area contributed by atoms with E-state index in [2.05, 4.69) is 26.8 Å². The first-order chi connectivity index (χ1) is 6.20. The zero-order valence-corrected chi connectivity index (χ0v) is 9.34. The predicted octanol–water partition coefficient (Wildman–Crippen LogP) is 3.53. The van der Waals surface area contributed by atoms with E-state index in [1.54, 1.807) is 0 Å². The molecule has 1 atom stereocenters. The number of allylic oxidation sites excluding steroid dienone is 2. The third-order valence-electron chi connectivity index (χ3n) is 2.58. The van der Waals surface area contributed by atoms with Gasteiger partial charge in [-0.3, -0.25) is 0 Å². The van der Waals surface area contributed by atoms with Gasteiger partial charge in [-0.05, 0) is 38.5 Å². The van der Waals surface area contributed by atoms with Crippen molar-refractivity contribution in [1.82, 2.24) is 0 Å². The van der Waals surface area contributed by atoms with Crippen molar-refractivity contribution >= 4 is 0 Å². The molecule has 0 saturated carbocycles. The lowest BCUT2D eigenvalue weighted by Crippen LogP contribution is -1.90. The van der Waals surface area contributed by atoms with Crippen LogP contribution >= 0.6 is 0 Å². The molecule has 0 saturated heterocycles. The van der Waals surface area contributed by atoms with E-state index < -0.39 is 0 Å². The zero-order valence-electron chi connectivity index (χ0n) is 9.34. The molecular formula is C12H24O. The van der Waals surface area contributed by atoms with Crippen molar-refractivity contribution in [2.75, 3.05) is 6.61 Å². The second kappa shape index (κ2) is 8.31. The van der Waals surface area contributed by atoms with Crippen LogP contribution in [0, 0.1) is 5.92 Å². The fourth-order valence-corrected chi connectivity index (χ4v) is 1.28. The molecule has 78 valence electrons. The minimum atomic E-state index is 0.316. The van der Waals surface area contributed by atoms with Crippen molar-refractivity contribution < 1.29 is 5.11 Å². The van der Waals surface area contributed by atoms with Crippen LogP contribution in [0.2, 0.25) is 0 Å². The molecule has 13 heavy (non-hydrogen) atoms. The minimum Gasteiger partial charge on any atom is -0.396 e. The Hall–Kier alpha value is -0.300. The third kappa shape index (κ3) is 8.04. The Labute approximate surface area is 82.9 Å². The maximum atomic E-state index is 8.64. The Kier molecular flexibility index (Phi) is 8.11. The van der Waals surface area contributed by atoms with Gasteiger partial charge in [-0.1, -0.05) is 31.9 Å². The maximum absolute atomic E-state index is 8.64. The van der Waals surface area contributed by atoms with Crippen LogP contribution in [0.4, 0.5) is 0 Å². The summed E-state index contributed by atoms with van der Waals surface area (Å²) >= 11 is 0. The highest BCUT2D eigenvalue weighted by Gasteiger charge is 1.96. The first kappa shape index (κ1) is 12.7. The van der Waals surface area contributed by atoms with E-state index in [0.29, 0.717) is 6.61 Å². The second-order valence-electron chi connectivity index (χ2n) is 3.97. The quantitative estimate of drug-likeness (QED) is 0.600. The molecule has 0 rings (SSSR count). The summed E-state index contributed by atoms with van der Waals surface area (Å²) in [4.78, 5) is 0. The Balaban J connectivity index is 3.46. The zero-order chi connectivity index (χ0) is 10.1. The van der Waals surface area contributed by atoms with E-state index in [1.165, 1.54) is 24.8 Å². The summed E-state index contributed by atoms with van der Waals surface area (Å²) in [6.45, 7) is 7.02. The minimum absolute atomic E-state index is 0.316. The van der Waals surface area contributed by atoms with E-state index in [4.69, 9.17) is 5.11 Å². The number of aliphatic hydroxyl groups is 1. The van der Waals surface area contributed by atoms with Gasteiger partial charge in [-0.2, -0.15) is 0 Å². The smallest absolute Gasteiger partial charge is 0.0434 e. The van der Waals surface area contributed by atoms with Gasteiger partial charge in [0.1, 0.15) is 0 Å². The van der Waals surface area contributed by atoms with Gasteiger partial charge in [0, 0.05) is 6.61 Å². The van der Waals surface area contributed by atoms with Crippen molar-refractivity contribution in [3.05, 3.63) is 11.6 Å². The van der Waals surface area contributed by atoms with E-state index >= 15 is 0 Å². The molecule has 0 fully saturated rings. The second-order valence-corrected chi connectivity index (χ2v) is 3.97. The van der Waals surface area contributed by atoms with E-state index in [0.717, 1.165) is 18.8 Å². The van der Waals surface area contributed by atoms with Gasteiger partial charge >= 0.3 is 0 Å². The largest absolute Gasteiger partial charge is 0.396 e. The molecule has 1 unspecified atom stereocenters. The molecule has 0 aromatic rings. The summed E-state index contributed by atoms with van der Waals surface area (Å²) in [5.74, 6) is 0.849. The van der Waals surface area contributed by atoms with Crippen LogP contribution < -0.4 is 0 Å². The molecule has 0 heterocycles. The van der Waals surface area contributed by atoms with Gasteiger partial charge in [-0.15, -0.1) is 0 Å². The van der Waals surface area contributed by atoms with Crippen molar-refractivity contribution in [1.29, 1.82) is 0 Å². The fraction of sp³-hybridized carbons (Fsp3) is 0.833. The molecule has 0 aromatic carbocycles. The number of rotatable bonds is 7. The molecule has 0 spiro atoms. The lowest BCUT2D eigenvalue weighted by Gasteiger charge is -2.05. The van der Waals surface area contributed by atoms with Crippen LogP contribution in [-0.2, 0) is 0 Å². The Bertz CT molecular complexity index is 138. The van der Waals surface area contributed by atoms with Crippen molar-refractivity contribution in [3.8, 4) is 0 Å². The highest BCUT2D eigenvalue weighted by molar-refractivity contribution is 4.97. The first-order valence-corrected chi connectivity index (χ1v) is 5.47. The summed E-state index contributed by atoms with van der Waals surface area (Å²) in [5, 5.41) is 8.64. The van der Waals surface area contributed by atoms with Crippen LogP contribution in [-0.4, -0.2) is 11.7 Å². The van der Waals surface area contributed by atoms with Crippen molar-refractivity contribution in [3.63, 3.8) is 0 Å². The molecule has 1 N–H and O–H groups in total. The van der Waals surface area contributed by atoms with Crippen molar-refractivity contribution in [2.45, 2.75) is 52.9 Å². The third-order valence-corrected chi connectivity index (χ3v) is 2.58. The van der Waals surface area contributed by atoms with Crippen LogP contribution in [0.1, 0.15) is 52.9 Å². The predicted molar refractivity (Wildman–Crippen MR) is 58.8 cm³/mol. The van der Waals surface area contributed by atoms with Gasteiger partial charge in [0.25, 0.3) is 0 Å². The van der Waals surface area contributed by atoms with Gasteiger partial charge in [0.15, 0.2) is 0 Å². The summed E-state index contributed by atoms with van der Waals surface area (Å²) in [5.41, 5.74) is 1.43. The van der Waals surface area contributed by atoms with Crippen LogP contribution in [0.3, 0.4) is 0 Å². The Morgan fingerprint density at radius 2 is 2.15 bits per heavy atom. The number of hydrogen-bond acceptors (Lipinski definition) is 1. The summed E-state index contributed by atoms with van der Waals surface area (Å²) in [7, 11) is 0. The summed E-state index contributed by atoms with van der Waals surface area (Å²) < 4.78 is 0. The molecule has 0 aliphatic rings. The van der Waals surface area contributed by atoms with E-state index in [-0.39, 0.29) is 0 Å². The molecule has 0 amide bonds. The normalized spacial score (nSPS) is 14.6. The molecule has 1 heteroatoms. The number of aliphatic hydroxyl groups excluding tert-OH is 1. The summed E-state index contributed by atoms with van der Waals surface area (Å²) in [6, 6.07) is 0. The monoisotopic (exact) mass is 184 g/mol. The molecule has 1 nitrogen and oxygen atoms in total. The molecule has 0 bridgehead atoms. The lowest BCUT2D eigenvalue weighted by molar-refractivity contribution is 0.288. The highest BCUT2D eigenvalue weighted by atomic mass is 16.2. The summed E-state index contributed by atoms with van der Waals surface area (Å²) in [6.07, 6.45) is 8.06. The van der Waals surface area contributed by atoms with Crippen molar-refractivity contribution in [2.24, 2.45) is 5.92 Å². The van der Waals surface area contributed by atoms with Gasteiger partial charge in [0.2, 0.25) is 0 Å². The SMILES string of the molecule is CCC(C)CC/C=C(\C)CCCO.